The molecule has 0 unspecified atom stereocenters. The maximum atomic E-state index is 9.33. The van der Waals surface area contributed by atoms with E-state index in [-0.39, 0.29) is 0 Å². The molecule has 2 aromatic heterocycles. The Morgan fingerprint density at radius 3 is 3.00 bits per heavy atom. The fourth-order valence-electron chi connectivity index (χ4n) is 2.49. The molecule has 2 aromatic rings. The monoisotopic (exact) mass is 328 g/mol. The van der Waals surface area contributed by atoms with Crippen LogP contribution in [0.25, 0.3) is 5.95 Å². The molecule has 1 aliphatic heterocycles. The molecule has 0 aromatic carbocycles. The highest BCUT2D eigenvalue weighted by Gasteiger charge is 2.33. The van der Waals surface area contributed by atoms with Gasteiger partial charge in [-0.1, -0.05) is 0 Å². The lowest BCUT2D eigenvalue weighted by Gasteiger charge is -2.30. The van der Waals surface area contributed by atoms with E-state index in [1.165, 1.54) is 0 Å². The first-order valence-corrected chi connectivity index (χ1v) is 7.93. The Bertz CT molecular complexity index is 717. The van der Waals surface area contributed by atoms with Crippen molar-refractivity contribution < 1.29 is 9.47 Å². The number of anilines is 1. The Kier molecular flexibility index (Phi) is 5.03. The van der Waals surface area contributed by atoms with Crippen LogP contribution in [0.2, 0.25) is 0 Å². The molecule has 0 saturated carbocycles. The van der Waals surface area contributed by atoms with Crippen molar-refractivity contribution in [2.75, 3.05) is 31.7 Å². The van der Waals surface area contributed by atoms with Crippen LogP contribution in [-0.2, 0) is 9.47 Å². The standard InChI is InChI=1S/C16H20N6O2/c1-13-2-6-19-15(20-13)22-8-3-14(21-22)18-7-11-24-16(12-17)4-9-23-10-5-16/h2-3,6,8H,4-5,7,9-11H2,1H3,(H,18,21). The molecule has 0 bridgehead atoms. The first kappa shape index (κ1) is 16.4. The van der Waals surface area contributed by atoms with Crippen LogP contribution in [0.3, 0.4) is 0 Å². The molecule has 0 atom stereocenters. The van der Waals surface area contributed by atoms with E-state index in [9.17, 15) is 5.26 Å². The van der Waals surface area contributed by atoms with E-state index in [1.54, 1.807) is 17.1 Å². The Hall–Kier alpha value is -2.50. The van der Waals surface area contributed by atoms with Crippen LogP contribution >= 0.6 is 0 Å². The van der Waals surface area contributed by atoms with Gasteiger partial charge in [0.1, 0.15) is 5.82 Å². The highest BCUT2D eigenvalue weighted by Crippen LogP contribution is 2.24. The van der Waals surface area contributed by atoms with E-state index in [4.69, 9.17) is 9.47 Å². The van der Waals surface area contributed by atoms with E-state index < -0.39 is 5.60 Å². The first-order chi connectivity index (χ1) is 11.7. The van der Waals surface area contributed by atoms with E-state index in [0.29, 0.717) is 51.0 Å². The van der Waals surface area contributed by atoms with Gasteiger partial charge in [0.15, 0.2) is 5.60 Å². The zero-order valence-corrected chi connectivity index (χ0v) is 13.6. The zero-order valence-electron chi connectivity index (χ0n) is 13.6. The minimum Gasteiger partial charge on any atom is -0.381 e. The molecular formula is C16H20N6O2. The maximum absolute atomic E-state index is 9.33. The highest BCUT2D eigenvalue weighted by molar-refractivity contribution is 5.34. The summed E-state index contributed by atoms with van der Waals surface area (Å²) in [7, 11) is 0. The Balaban J connectivity index is 1.50. The third-order valence-electron chi connectivity index (χ3n) is 3.87. The predicted molar refractivity (Wildman–Crippen MR) is 86.7 cm³/mol. The van der Waals surface area contributed by atoms with Crippen LogP contribution in [0, 0.1) is 18.3 Å². The van der Waals surface area contributed by atoms with Crippen molar-refractivity contribution in [3.05, 3.63) is 30.2 Å². The van der Waals surface area contributed by atoms with Gasteiger partial charge in [-0.25, -0.2) is 14.6 Å². The molecule has 3 heterocycles. The summed E-state index contributed by atoms with van der Waals surface area (Å²) in [5.74, 6) is 1.24. The molecule has 1 fully saturated rings. The van der Waals surface area contributed by atoms with Crippen LogP contribution in [0.4, 0.5) is 5.82 Å². The van der Waals surface area contributed by atoms with Crippen LogP contribution in [0.15, 0.2) is 24.5 Å². The first-order valence-electron chi connectivity index (χ1n) is 7.93. The summed E-state index contributed by atoms with van der Waals surface area (Å²) in [6.45, 7) is 4.05. The summed E-state index contributed by atoms with van der Waals surface area (Å²) < 4.78 is 12.7. The van der Waals surface area contributed by atoms with Crippen molar-refractivity contribution in [3.63, 3.8) is 0 Å². The largest absolute Gasteiger partial charge is 0.381 e. The smallest absolute Gasteiger partial charge is 0.250 e. The van der Waals surface area contributed by atoms with E-state index in [2.05, 4.69) is 26.5 Å². The second-order valence-corrected chi connectivity index (χ2v) is 5.64. The lowest BCUT2D eigenvalue weighted by atomic mass is 9.96. The quantitative estimate of drug-likeness (QED) is 0.802. The molecule has 1 aliphatic rings. The van der Waals surface area contributed by atoms with Gasteiger partial charge in [-0.3, -0.25) is 0 Å². The second-order valence-electron chi connectivity index (χ2n) is 5.64. The molecule has 0 amide bonds. The van der Waals surface area contributed by atoms with Crippen molar-refractivity contribution >= 4 is 5.82 Å². The lowest BCUT2D eigenvalue weighted by molar-refractivity contribution is -0.0725. The van der Waals surface area contributed by atoms with Gasteiger partial charge in [0.2, 0.25) is 0 Å². The second kappa shape index (κ2) is 7.38. The number of aromatic nitrogens is 4. The lowest BCUT2D eigenvalue weighted by Crippen LogP contribution is -2.38. The summed E-state index contributed by atoms with van der Waals surface area (Å²) in [6.07, 6.45) is 4.73. The molecule has 1 N–H and O–H groups in total. The molecule has 1 saturated heterocycles. The number of nitrogens with zero attached hydrogens (tertiary/aromatic N) is 5. The van der Waals surface area contributed by atoms with Crippen molar-refractivity contribution in [2.24, 2.45) is 0 Å². The van der Waals surface area contributed by atoms with Gasteiger partial charge < -0.3 is 14.8 Å². The Labute approximate surface area is 140 Å². The van der Waals surface area contributed by atoms with Gasteiger partial charge in [-0.05, 0) is 13.0 Å². The summed E-state index contributed by atoms with van der Waals surface area (Å²) in [5.41, 5.74) is 0.172. The van der Waals surface area contributed by atoms with Crippen LogP contribution in [0.5, 0.6) is 0 Å². The van der Waals surface area contributed by atoms with Gasteiger partial charge >= 0.3 is 0 Å². The average molecular weight is 328 g/mol. The van der Waals surface area contributed by atoms with Crippen molar-refractivity contribution in [1.29, 1.82) is 5.26 Å². The zero-order chi connectivity index (χ0) is 16.8. The summed E-state index contributed by atoms with van der Waals surface area (Å²) in [5, 5.41) is 16.9. The molecule has 24 heavy (non-hydrogen) atoms. The number of nitriles is 1. The van der Waals surface area contributed by atoms with Gasteiger partial charge in [0, 0.05) is 43.5 Å². The van der Waals surface area contributed by atoms with E-state index in [0.717, 1.165) is 5.69 Å². The van der Waals surface area contributed by atoms with Crippen molar-refractivity contribution in [3.8, 4) is 12.0 Å². The number of hydrogen-bond acceptors (Lipinski definition) is 7. The third kappa shape index (κ3) is 3.88. The Morgan fingerprint density at radius 2 is 2.25 bits per heavy atom. The predicted octanol–water partition coefficient (Wildman–Crippen LogP) is 1.47. The molecule has 126 valence electrons. The fourth-order valence-corrected chi connectivity index (χ4v) is 2.49. The van der Waals surface area contributed by atoms with Crippen LogP contribution in [-0.4, -0.2) is 51.7 Å². The van der Waals surface area contributed by atoms with Crippen LogP contribution in [0.1, 0.15) is 18.5 Å². The minimum absolute atomic E-state index is 0.432. The highest BCUT2D eigenvalue weighted by atomic mass is 16.5. The summed E-state index contributed by atoms with van der Waals surface area (Å²) in [6, 6.07) is 5.97. The molecule has 8 nitrogen and oxygen atoms in total. The SMILES string of the molecule is Cc1ccnc(-n2ccc(NCCOC3(C#N)CCOCC3)n2)n1. The van der Waals surface area contributed by atoms with E-state index in [1.807, 2.05) is 19.1 Å². The number of ether oxygens (including phenoxy) is 2. The topological polar surface area (TPSA) is 97.9 Å². The molecule has 0 aliphatic carbocycles. The molecular weight excluding hydrogens is 308 g/mol. The van der Waals surface area contributed by atoms with Crippen molar-refractivity contribution in [2.45, 2.75) is 25.4 Å². The normalized spacial score (nSPS) is 16.5. The van der Waals surface area contributed by atoms with Gasteiger partial charge in [0.05, 0.1) is 25.9 Å². The Morgan fingerprint density at radius 1 is 1.42 bits per heavy atom. The average Bonchev–Trinajstić information content (AvgIpc) is 3.09. The summed E-state index contributed by atoms with van der Waals surface area (Å²) in [4.78, 5) is 8.51. The molecule has 3 rings (SSSR count). The van der Waals surface area contributed by atoms with Crippen molar-refractivity contribution in [1.82, 2.24) is 19.7 Å². The van der Waals surface area contributed by atoms with E-state index >= 15 is 0 Å². The maximum Gasteiger partial charge on any atom is 0.250 e. The summed E-state index contributed by atoms with van der Waals surface area (Å²) >= 11 is 0. The number of nitrogens with one attached hydrogen (secondary N) is 1. The molecule has 8 heteroatoms. The van der Waals surface area contributed by atoms with Gasteiger partial charge in [0.25, 0.3) is 5.95 Å². The number of rotatable bonds is 6. The number of aryl methyl sites for hydroxylation is 1. The van der Waals surface area contributed by atoms with Crippen LogP contribution < -0.4 is 5.32 Å². The molecule has 0 radical (unpaired) electrons. The number of hydrogen-bond donors (Lipinski definition) is 1. The minimum atomic E-state index is -0.714. The third-order valence-corrected chi connectivity index (χ3v) is 3.87. The fraction of sp³-hybridized carbons (Fsp3) is 0.500. The molecule has 0 spiro atoms. The van der Waals surface area contributed by atoms with Gasteiger partial charge in [-0.2, -0.15) is 5.26 Å². The van der Waals surface area contributed by atoms with Gasteiger partial charge in [-0.15, -0.1) is 5.10 Å².